The van der Waals surface area contributed by atoms with E-state index in [4.69, 9.17) is 4.74 Å². The minimum atomic E-state index is -2.04. The Morgan fingerprint density at radius 2 is 1.87 bits per heavy atom. The number of methoxy groups -OCH3 is 1. The molecule has 2 atom stereocenters. The number of benzene rings is 1. The summed E-state index contributed by atoms with van der Waals surface area (Å²) >= 11 is -1.93. The van der Waals surface area contributed by atoms with Gasteiger partial charge in [0.05, 0.1) is 0 Å². The summed E-state index contributed by atoms with van der Waals surface area (Å²) in [4.78, 5) is 0. The molecule has 3 nitrogen and oxygen atoms in total. The van der Waals surface area contributed by atoms with Crippen LogP contribution >= 0.6 is 0 Å². The molecule has 0 aliphatic carbocycles. The third-order valence-corrected chi connectivity index (χ3v) is 8.67. The Balaban J connectivity index is 3.05. The SMILES string of the molecule is COC(S(=O)O)[Si](C)(C)c1ccccc1. The van der Waals surface area contributed by atoms with Gasteiger partial charge in [-0.15, -0.1) is 0 Å². The highest BCUT2D eigenvalue weighted by atomic mass is 32.2. The van der Waals surface area contributed by atoms with Crippen molar-refractivity contribution in [2.45, 2.75) is 18.2 Å². The molecule has 0 bridgehead atoms. The molecule has 0 saturated carbocycles. The van der Waals surface area contributed by atoms with Gasteiger partial charge < -0.3 is 9.29 Å². The second-order valence-corrected chi connectivity index (χ2v) is 9.88. The molecular weight excluding hydrogens is 228 g/mol. The molecule has 84 valence electrons. The summed E-state index contributed by atoms with van der Waals surface area (Å²) in [5.41, 5.74) is 0. The van der Waals surface area contributed by atoms with Gasteiger partial charge in [-0.3, -0.25) is 0 Å². The molecule has 1 rings (SSSR count). The lowest BCUT2D eigenvalue weighted by Crippen LogP contribution is -2.55. The van der Waals surface area contributed by atoms with Gasteiger partial charge in [0.1, 0.15) is 13.1 Å². The molecule has 0 aliphatic heterocycles. The maximum absolute atomic E-state index is 11.2. The van der Waals surface area contributed by atoms with Crippen molar-refractivity contribution in [1.29, 1.82) is 0 Å². The van der Waals surface area contributed by atoms with E-state index in [1.165, 1.54) is 7.11 Å². The molecule has 2 unspecified atom stereocenters. The molecule has 15 heavy (non-hydrogen) atoms. The van der Waals surface area contributed by atoms with Gasteiger partial charge in [-0.2, -0.15) is 0 Å². The Morgan fingerprint density at radius 1 is 1.33 bits per heavy atom. The molecule has 0 spiro atoms. The van der Waals surface area contributed by atoms with E-state index in [-0.39, 0.29) is 0 Å². The molecule has 0 fully saturated rings. The fourth-order valence-electron chi connectivity index (χ4n) is 1.63. The van der Waals surface area contributed by atoms with E-state index in [2.05, 4.69) is 0 Å². The fourth-order valence-corrected chi connectivity index (χ4v) is 6.13. The third-order valence-electron chi connectivity index (χ3n) is 2.50. The lowest BCUT2D eigenvalue weighted by atomic mass is 10.4. The molecule has 0 saturated heterocycles. The number of hydrogen-bond donors (Lipinski definition) is 1. The van der Waals surface area contributed by atoms with E-state index in [0.717, 1.165) is 5.19 Å². The summed E-state index contributed by atoms with van der Waals surface area (Å²) in [6.45, 7) is 4.06. The summed E-state index contributed by atoms with van der Waals surface area (Å²) in [7, 11) is -0.562. The van der Waals surface area contributed by atoms with Gasteiger partial charge in [0.2, 0.25) is 0 Å². The van der Waals surface area contributed by atoms with Crippen LogP contribution in [0.4, 0.5) is 0 Å². The first-order valence-corrected chi connectivity index (χ1v) is 8.93. The lowest BCUT2D eigenvalue weighted by Gasteiger charge is -2.28. The Bertz CT molecular complexity index is 340. The van der Waals surface area contributed by atoms with Crippen LogP contribution in [0, 0.1) is 0 Å². The monoisotopic (exact) mass is 244 g/mol. The second kappa shape index (κ2) is 5.02. The van der Waals surface area contributed by atoms with Gasteiger partial charge in [0, 0.05) is 7.11 Å². The van der Waals surface area contributed by atoms with Crippen LogP contribution in [-0.4, -0.2) is 29.0 Å². The summed E-state index contributed by atoms with van der Waals surface area (Å²) < 4.78 is 25.5. The van der Waals surface area contributed by atoms with Crippen molar-refractivity contribution in [2.24, 2.45) is 0 Å². The van der Waals surface area contributed by atoms with Crippen LogP contribution in [-0.2, 0) is 15.8 Å². The molecule has 1 N–H and O–H groups in total. The quantitative estimate of drug-likeness (QED) is 0.642. The van der Waals surface area contributed by atoms with E-state index in [0.29, 0.717) is 0 Å². The highest BCUT2D eigenvalue weighted by Gasteiger charge is 2.38. The Kier molecular flexibility index (Phi) is 4.21. The van der Waals surface area contributed by atoms with Gasteiger partial charge in [-0.05, 0) is 0 Å². The van der Waals surface area contributed by atoms with Crippen molar-refractivity contribution in [1.82, 2.24) is 0 Å². The van der Waals surface area contributed by atoms with Crippen molar-refractivity contribution < 1.29 is 13.5 Å². The molecular formula is C10H16O3SSi. The lowest BCUT2D eigenvalue weighted by molar-refractivity contribution is 0.211. The Morgan fingerprint density at radius 3 is 2.27 bits per heavy atom. The molecule has 5 heteroatoms. The van der Waals surface area contributed by atoms with Gasteiger partial charge in [-0.1, -0.05) is 48.6 Å². The average molecular weight is 244 g/mol. The van der Waals surface area contributed by atoms with E-state index < -0.39 is 24.2 Å². The summed E-state index contributed by atoms with van der Waals surface area (Å²) in [5, 5.41) is 0.541. The third kappa shape index (κ3) is 2.75. The predicted molar refractivity (Wildman–Crippen MR) is 65.1 cm³/mol. The van der Waals surface area contributed by atoms with E-state index in [1.54, 1.807) is 0 Å². The van der Waals surface area contributed by atoms with Crippen LogP contribution in [0.5, 0.6) is 0 Å². The molecule has 0 amide bonds. The molecule has 0 heterocycles. The first-order valence-electron chi connectivity index (χ1n) is 4.68. The standard InChI is InChI=1S/C10H16O3SSi/c1-13-10(14(11)12)15(2,3)9-7-5-4-6-8-9/h4-8,10H,1-3H3,(H,11,12). The van der Waals surface area contributed by atoms with Crippen LogP contribution in [0.2, 0.25) is 13.1 Å². The zero-order valence-electron chi connectivity index (χ0n) is 9.14. The van der Waals surface area contributed by atoms with Crippen LogP contribution in [0.3, 0.4) is 0 Å². The van der Waals surface area contributed by atoms with Crippen LogP contribution in [0.25, 0.3) is 0 Å². The van der Waals surface area contributed by atoms with Crippen LogP contribution in [0.15, 0.2) is 30.3 Å². The highest BCUT2D eigenvalue weighted by Crippen LogP contribution is 2.14. The van der Waals surface area contributed by atoms with E-state index in [9.17, 15) is 8.76 Å². The number of rotatable bonds is 4. The Hall–Kier alpha value is -0.493. The largest absolute Gasteiger partial charge is 0.369 e. The summed E-state index contributed by atoms with van der Waals surface area (Å²) in [5.74, 6) is 0. The topological polar surface area (TPSA) is 46.5 Å². The highest BCUT2D eigenvalue weighted by molar-refractivity contribution is 7.82. The summed E-state index contributed by atoms with van der Waals surface area (Å²) in [6.07, 6.45) is 0. The molecule has 0 aliphatic rings. The summed E-state index contributed by atoms with van der Waals surface area (Å²) in [6, 6.07) is 9.80. The first-order chi connectivity index (χ1) is 7.00. The maximum Gasteiger partial charge on any atom is 0.179 e. The van der Waals surface area contributed by atoms with Gasteiger partial charge in [-0.25, -0.2) is 4.21 Å². The van der Waals surface area contributed by atoms with Gasteiger partial charge in [0.25, 0.3) is 0 Å². The van der Waals surface area contributed by atoms with E-state index >= 15 is 0 Å². The maximum atomic E-state index is 11.2. The molecule has 0 radical (unpaired) electrons. The normalized spacial score (nSPS) is 16.0. The predicted octanol–water partition coefficient (Wildman–Crippen LogP) is 1.34. The van der Waals surface area contributed by atoms with Crippen molar-refractivity contribution in [3.05, 3.63) is 30.3 Å². The molecule has 1 aromatic rings. The van der Waals surface area contributed by atoms with Crippen LogP contribution < -0.4 is 5.19 Å². The smallest absolute Gasteiger partial charge is 0.179 e. The zero-order chi connectivity index (χ0) is 11.5. The fraction of sp³-hybridized carbons (Fsp3) is 0.400. The van der Waals surface area contributed by atoms with E-state index in [1.807, 2.05) is 43.4 Å². The number of hydrogen-bond acceptors (Lipinski definition) is 2. The zero-order valence-corrected chi connectivity index (χ0v) is 11.0. The van der Waals surface area contributed by atoms with Gasteiger partial charge in [0.15, 0.2) is 11.1 Å². The van der Waals surface area contributed by atoms with Crippen molar-refractivity contribution in [2.75, 3.05) is 7.11 Å². The minimum absolute atomic E-state index is 0.583. The number of ether oxygens (including phenoxy) is 1. The van der Waals surface area contributed by atoms with Crippen LogP contribution in [0.1, 0.15) is 0 Å². The second-order valence-electron chi connectivity index (χ2n) is 3.93. The van der Waals surface area contributed by atoms with Crippen molar-refractivity contribution in [3.8, 4) is 0 Å². The minimum Gasteiger partial charge on any atom is -0.369 e. The van der Waals surface area contributed by atoms with Crippen molar-refractivity contribution in [3.63, 3.8) is 0 Å². The molecule has 0 aromatic heterocycles. The molecule has 1 aromatic carbocycles. The van der Waals surface area contributed by atoms with Crippen molar-refractivity contribution >= 4 is 24.3 Å². The van der Waals surface area contributed by atoms with Gasteiger partial charge >= 0.3 is 0 Å². The average Bonchev–Trinajstić information content (AvgIpc) is 2.19. The first kappa shape index (κ1) is 12.6. The Labute approximate surface area is 93.8 Å².